The summed E-state index contributed by atoms with van der Waals surface area (Å²) < 4.78 is 18.8. The van der Waals surface area contributed by atoms with E-state index in [1.807, 2.05) is 4.90 Å². The van der Waals surface area contributed by atoms with Crippen LogP contribution in [0.2, 0.25) is 0 Å². The van der Waals surface area contributed by atoms with Crippen molar-refractivity contribution >= 4 is 5.91 Å². The van der Waals surface area contributed by atoms with E-state index in [1.54, 1.807) is 12.1 Å². The summed E-state index contributed by atoms with van der Waals surface area (Å²) in [6, 6.07) is 6.34. The highest BCUT2D eigenvalue weighted by atomic mass is 19.1. The molecule has 0 N–H and O–H groups in total. The third kappa shape index (κ3) is 4.53. The molecule has 1 amide bonds. The molecule has 0 spiro atoms. The Labute approximate surface area is 143 Å². The van der Waals surface area contributed by atoms with E-state index in [2.05, 4.69) is 16.8 Å². The summed E-state index contributed by atoms with van der Waals surface area (Å²) in [5.74, 6) is -0.0939. The molecule has 0 aromatic heterocycles. The van der Waals surface area contributed by atoms with Crippen molar-refractivity contribution in [2.45, 2.75) is 12.5 Å². The normalized spacial score (nSPS) is 23.9. The van der Waals surface area contributed by atoms with Gasteiger partial charge in [-0.1, -0.05) is 12.1 Å². The quantitative estimate of drug-likeness (QED) is 0.836. The second-order valence-corrected chi connectivity index (χ2v) is 6.68. The number of ether oxygens (including phenoxy) is 1. The zero-order valence-electron chi connectivity index (χ0n) is 14.3. The summed E-state index contributed by atoms with van der Waals surface area (Å²) in [5.41, 5.74) is 0.922. The van der Waals surface area contributed by atoms with Crippen LogP contribution in [0.15, 0.2) is 24.3 Å². The van der Waals surface area contributed by atoms with E-state index in [4.69, 9.17) is 4.74 Å². The van der Waals surface area contributed by atoms with E-state index in [1.165, 1.54) is 12.1 Å². The van der Waals surface area contributed by atoms with E-state index in [0.29, 0.717) is 26.2 Å². The number of nitrogens with zero attached hydrogens (tertiary/aromatic N) is 3. The molecule has 0 bridgehead atoms. The van der Waals surface area contributed by atoms with Gasteiger partial charge in [0.2, 0.25) is 5.91 Å². The Balaban J connectivity index is 1.55. The van der Waals surface area contributed by atoms with Gasteiger partial charge in [0.05, 0.1) is 19.7 Å². The first-order chi connectivity index (χ1) is 11.6. The molecule has 2 fully saturated rings. The average molecular weight is 335 g/mol. The Morgan fingerprint density at radius 3 is 2.75 bits per heavy atom. The molecule has 2 saturated heterocycles. The summed E-state index contributed by atoms with van der Waals surface area (Å²) >= 11 is 0. The van der Waals surface area contributed by atoms with Crippen molar-refractivity contribution in [3.63, 3.8) is 0 Å². The lowest BCUT2D eigenvalue weighted by molar-refractivity contribution is -0.140. The maximum Gasteiger partial charge on any atom is 0.236 e. The fraction of sp³-hybridized carbons (Fsp3) is 0.611. The lowest BCUT2D eigenvalue weighted by atomic mass is 10.1. The van der Waals surface area contributed by atoms with Gasteiger partial charge in [0.1, 0.15) is 11.9 Å². The number of benzene rings is 1. The highest BCUT2D eigenvalue weighted by Crippen LogP contribution is 2.22. The van der Waals surface area contributed by atoms with Gasteiger partial charge in [0, 0.05) is 19.6 Å². The number of morpholine rings is 1. The number of halogens is 1. The number of carbonyl (C=O) groups is 1. The van der Waals surface area contributed by atoms with Crippen molar-refractivity contribution in [1.82, 2.24) is 14.7 Å². The van der Waals surface area contributed by atoms with E-state index < -0.39 is 0 Å². The Hall–Kier alpha value is -1.50. The Bertz CT molecular complexity index is 552. The van der Waals surface area contributed by atoms with Gasteiger partial charge < -0.3 is 14.5 Å². The summed E-state index contributed by atoms with van der Waals surface area (Å²) in [7, 11) is 2.13. The molecule has 2 heterocycles. The molecule has 1 aromatic rings. The molecule has 0 aliphatic carbocycles. The SMILES string of the molecule is CN1CCCN(CC(=O)N2CCO[C@@H](c3ccc(F)cc3)C2)CC1. The van der Waals surface area contributed by atoms with Gasteiger partial charge in [-0.25, -0.2) is 4.39 Å². The second kappa shape index (κ2) is 8.05. The standard InChI is InChI=1S/C18H26FN3O2/c1-20-7-2-8-21(10-9-20)14-18(23)22-11-12-24-17(13-22)15-3-5-16(19)6-4-15/h3-6,17H,2,7-14H2,1H3/t17-/m1/s1. The lowest BCUT2D eigenvalue weighted by Gasteiger charge is -2.34. The van der Waals surface area contributed by atoms with Gasteiger partial charge in [0.15, 0.2) is 0 Å². The number of carbonyl (C=O) groups excluding carboxylic acids is 1. The number of amides is 1. The maximum atomic E-state index is 13.1. The van der Waals surface area contributed by atoms with Crippen LogP contribution >= 0.6 is 0 Å². The van der Waals surface area contributed by atoms with Crippen LogP contribution in [0.5, 0.6) is 0 Å². The predicted molar refractivity (Wildman–Crippen MR) is 90.2 cm³/mol. The maximum absolute atomic E-state index is 13.1. The van der Waals surface area contributed by atoms with Gasteiger partial charge in [0.25, 0.3) is 0 Å². The van der Waals surface area contributed by atoms with E-state index in [-0.39, 0.29) is 17.8 Å². The second-order valence-electron chi connectivity index (χ2n) is 6.68. The van der Waals surface area contributed by atoms with Crippen LogP contribution in [0, 0.1) is 5.82 Å². The first kappa shape index (κ1) is 17.3. The number of hydrogen-bond acceptors (Lipinski definition) is 4. The monoisotopic (exact) mass is 335 g/mol. The Morgan fingerprint density at radius 2 is 1.96 bits per heavy atom. The number of rotatable bonds is 3. The van der Waals surface area contributed by atoms with Crippen molar-refractivity contribution in [2.75, 3.05) is 59.5 Å². The first-order valence-corrected chi connectivity index (χ1v) is 8.67. The van der Waals surface area contributed by atoms with Gasteiger partial charge in [-0.05, 0) is 44.3 Å². The lowest BCUT2D eigenvalue weighted by Crippen LogP contribution is -2.47. The highest BCUT2D eigenvalue weighted by molar-refractivity contribution is 5.78. The highest BCUT2D eigenvalue weighted by Gasteiger charge is 2.26. The molecular formula is C18H26FN3O2. The number of hydrogen-bond donors (Lipinski definition) is 0. The van der Waals surface area contributed by atoms with Crippen molar-refractivity contribution in [1.29, 1.82) is 0 Å². The predicted octanol–water partition coefficient (Wildman–Crippen LogP) is 1.36. The average Bonchev–Trinajstić information content (AvgIpc) is 2.80. The molecular weight excluding hydrogens is 309 g/mol. The third-order valence-electron chi connectivity index (χ3n) is 4.83. The van der Waals surface area contributed by atoms with Gasteiger partial charge >= 0.3 is 0 Å². The summed E-state index contributed by atoms with van der Waals surface area (Å²) in [6.07, 6.45) is 0.934. The van der Waals surface area contributed by atoms with Gasteiger partial charge in [-0.15, -0.1) is 0 Å². The van der Waals surface area contributed by atoms with Crippen LogP contribution in [0.1, 0.15) is 18.1 Å². The van der Waals surface area contributed by atoms with Crippen LogP contribution in [-0.4, -0.2) is 80.1 Å². The molecule has 2 aliphatic heterocycles. The summed E-state index contributed by atoms with van der Waals surface area (Å²) in [4.78, 5) is 19.1. The Morgan fingerprint density at radius 1 is 1.17 bits per heavy atom. The smallest absolute Gasteiger partial charge is 0.236 e. The minimum Gasteiger partial charge on any atom is -0.370 e. The molecule has 0 saturated carbocycles. The van der Waals surface area contributed by atoms with Crippen molar-refractivity contribution in [3.05, 3.63) is 35.6 Å². The van der Waals surface area contributed by atoms with Crippen LogP contribution < -0.4 is 0 Å². The molecule has 1 aromatic carbocycles. The first-order valence-electron chi connectivity index (χ1n) is 8.67. The van der Waals surface area contributed by atoms with Gasteiger partial charge in [-0.3, -0.25) is 9.69 Å². The molecule has 0 unspecified atom stereocenters. The molecule has 132 valence electrons. The zero-order valence-corrected chi connectivity index (χ0v) is 14.3. The molecule has 3 rings (SSSR count). The minimum atomic E-state index is -0.256. The molecule has 6 heteroatoms. The molecule has 2 aliphatic rings. The van der Waals surface area contributed by atoms with Crippen LogP contribution in [0.25, 0.3) is 0 Å². The van der Waals surface area contributed by atoms with Crippen molar-refractivity contribution in [3.8, 4) is 0 Å². The van der Waals surface area contributed by atoms with E-state index in [0.717, 1.165) is 38.2 Å². The summed E-state index contributed by atoms with van der Waals surface area (Å²) in [5, 5.41) is 0. The molecule has 1 atom stereocenters. The topological polar surface area (TPSA) is 36.0 Å². The summed E-state index contributed by atoms with van der Waals surface area (Å²) in [6.45, 7) is 6.18. The fourth-order valence-corrected chi connectivity index (χ4v) is 3.30. The minimum absolute atomic E-state index is 0.162. The molecule has 24 heavy (non-hydrogen) atoms. The molecule has 0 radical (unpaired) electrons. The molecule has 5 nitrogen and oxygen atoms in total. The van der Waals surface area contributed by atoms with Crippen molar-refractivity contribution < 1.29 is 13.9 Å². The zero-order chi connectivity index (χ0) is 16.9. The fourth-order valence-electron chi connectivity index (χ4n) is 3.30. The number of likely N-dealkylation sites (N-methyl/N-ethyl adjacent to an activating group) is 1. The van der Waals surface area contributed by atoms with E-state index in [9.17, 15) is 9.18 Å². The van der Waals surface area contributed by atoms with Crippen molar-refractivity contribution in [2.24, 2.45) is 0 Å². The third-order valence-corrected chi connectivity index (χ3v) is 4.83. The van der Waals surface area contributed by atoms with Gasteiger partial charge in [-0.2, -0.15) is 0 Å². The van der Waals surface area contributed by atoms with Crippen LogP contribution in [-0.2, 0) is 9.53 Å². The Kier molecular flexibility index (Phi) is 5.81. The van der Waals surface area contributed by atoms with Crippen LogP contribution in [0.4, 0.5) is 4.39 Å². The van der Waals surface area contributed by atoms with E-state index >= 15 is 0 Å². The largest absolute Gasteiger partial charge is 0.370 e. The van der Waals surface area contributed by atoms with Crippen LogP contribution in [0.3, 0.4) is 0 Å².